The minimum atomic E-state index is 0. The number of nitrogens with one attached hydrogen (secondary N) is 3. The van der Waals surface area contributed by atoms with Gasteiger partial charge in [0.2, 0.25) is 5.95 Å². The van der Waals surface area contributed by atoms with Crippen LogP contribution in [0, 0.1) is 0 Å². The molecule has 0 aliphatic carbocycles. The van der Waals surface area contributed by atoms with E-state index in [2.05, 4.69) is 73.0 Å². The largest absolute Gasteiger partial charge is 0.324 e. The number of aromatic nitrogens is 5. The fraction of sp³-hybridized carbons (Fsp3) is 0.318. The number of rotatable bonds is 6. The second-order valence-electron chi connectivity index (χ2n) is 7.60. The lowest BCUT2D eigenvalue weighted by atomic mass is 10.1. The van der Waals surface area contributed by atoms with Gasteiger partial charge in [0.25, 0.3) is 0 Å². The first-order valence-electron chi connectivity index (χ1n) is 10.4. The van der Waals surface area contributed by atoms with Crippen LogP contribution in [0.25, 0.3) is 22.2 Å². The molecular formula is C22H27ClN8. The number of anilines is 2. The van der Waals surface area contributed by atoms with Crippen LogP contribution in [0.15, 0.2) is 48.9 Å². The lowest BCUT2D eigenvalue weighted by Gasteiger charge is -2.27. The van der Waals surface area contributed by atoms with Gasteiger partial charge in [0.15, 0.2) is 0 Å². The molecule has 0 radical (unpaired) electrons. The minimum Gasteiger partial charge on any atom is -0.324 e. The van der Waals surface area contributed by atoms with Gasteiger partial charge in [-0.1, -0.05) is 6.07 Å². The molecular weight excluding hydrogens is 412 g/mol. The number of hydrogen-bond acceptors (Lipinski definition) is 6. The number of aromatic amines is 1. The molecule has 0 atom stereocenters. The van der Waals surface area contributed by atoms with Gasteiger partial charge in [-0.05, 0) is 42.3 Å². The molecule has 1 aliphatic heterocycles. The molecule has 5 rings (SSSR count). The molecule has 31 heavy (non-hydrogen) atoms. The van der Waals surface area contributed by atoms with E-state index in [1.807, 2.05) is 23.1 Å². The summed E-state index contributed by atoms with van der Waals surface area (Å²) in [6, 6.07) is 10.4. The summed E-state index contributed by atoms with van der Waals surface area (Å²) in [6.45, 7) is 8.14. The van der Waals surface area contributed by atoms with Crippen molar-refractivity contribution in [3.05, 3.63) is 54.5 Å². The van der Waals surface area contributed by atoms with Gasteiger partial charge < -0.3 is 15.6 Å². The van der Waals surface area contributed by atoms with Crippen LogP contribution in [-0.4, -0.2) is 55.8 Å². The summed E-state index contributed by atoms with van der Waals surface area (Å²) >= 11 is 0. The van der Waals surface area contributed by atoms with Gasteiger partial charge in [-0.15, -0.1) is 12.4 Å². The minimum absolute atomic E-state index is 0. The number of imidazole rings is 1. The molecule has 0 spiro atoms. The van der Waals surface area contributed by atoms with E-state index < -0.39 is 0 Å². The average Bonchev–Trinajstić information content (AvgIpc) is 3.40. The molecule has 4 heterocycles. The van der Waals surface area contributed by atoms with Crippen molar-refractivity contribution in [2.75, 3.05) is 31.5 Å². The van der Waals surface area contributed by atoms with Crippen LogP contribution in [-0.2, 0) is 13.1 Å². The maximum Gasteiger partial charge on any atom is 0.206 e. The number of halogens is 1. The monoisotopic (exact) mass is 438 g/mol. The second-order valence-corrected chi connectivity index (χ2v) is 7.60. The quantitative estimate of drug-likeness (QED) is 0.427. The van der Waals surface area contributed by atoms with Crippen LogP contribution in [0.2, 0.25) is 0 Å². The molecule has 0 saturated carbocycles. The Bertz CT molecular complexity index is 1150. The van der Waals surface area contributed by atoms with Crippen molar-refractivity contribution >= 4 is 35.2 Å². The number of hydrogen-bond donors (Lipinski definition) is 3. The van der Waals surface area contributed by atoms with Crippen molar-refractivity contribution in [1.29, 1.82) is 0 Å². The Morgan fingerprint density at radius 3 is 2.77 bits per heavy atom. The van der Waals surface area contributed by atoms with Gasteiger partial charge in [-0.3, -0.25) is 9.58 Å². The second kappa shape index (κ2) is 9.47. The van der Waals surface area contributed by atoms with Crippen molar-refractivity contribution in [1.82, 2.24) is 34.9 Å². The van der Waals surface area contributed by atoms with Crippen LogP contribution >= 0.6 is 12.4 Å². The van der Waals surface area contributed by atoms with Crippen molar-refractivity contribution in [2.24, 2.45) is 0 Å². The maximum atomic E-state index is 4.66. The Hall–Kier alpha value is -2.94. The lowest BCUT2D eigenvalue weighted by Crippen LogP contribution is -2.42. The fourth-order valence-corrected chi connectivity index (χ4v) is 3.82. The molecule has 9 heteroatoms. The highest BCUT2D eigenvalue weighted by Crippen LogP contribution is 2.25. The highest BCUT2D eigenvalue weighted by Gasteiger charge is 2.11. The molecule has 3 aromatic heterocycles. The fourth-order valence-electron chi connectivity index (χ4n) is 3.82. The zero-order valence-electron chi connectivity index (χ0n) is 17.5. The maximum absolute atomic E-state index is 4.66. The summed E-state index contributed by atoms with van der Waals surface area (Å²) in [5, 5.41) is 11.1. The summed E-state index contributed by atoms with van der Waals surface area (Å²) < 4.78 is 1.93. The number of fused-ring (bicyclic) bond motifs is 1. The van der Waals surface area contributed by atoms with E-state index in [0.29, 0.717) is 5.95 Å². The summed E-state index contributed by atoms with van der Waals surface area (Å²) in [7, 11) is 0. The van der Waals surface area contributed by atoms with E-state index in [-0.39, 0.29) is 12.4 Å². The molecule has 162 valence electrons. The van der Waals surface area contributed by atoms with Crippen LogP contribution in [0.1, 0.15) is 12.5 Å². The summed E-state index contributed by atoms with van der Waals surface area (Å²) in [5.74, 6) is 1.49. The van der Waals surface area contributed by atoms with Crippen LogP contribution < -0.4 is 10.6 Å². The zero-order valence-corrected chi connectivity index (χ0v) is 18.3. The summed E-state index contributed by atoms with van der Waals surface area (Å²) in [5.41, 5.74) is 5.37. The van der Waals surface area contributed by atoms with Gasteiger partial charge in [0.1, 0.15) is 5.82 Å². The number of benzene rings is 1. The average molecular weight is 439 g/mol. The first-order chi connectivity index (χ1) is 14.8. The smallest absolute Gasteiger partial charge is 0.206 e. The molecule has 1 aromatic carbocycles. The van der Waals surface area contributed by atoms with Crippen molar-refractivity contribution < 1.29 is 0 Å². The number of H-pyrrole nitrogens is 1. The Kier molecular flexibility index (Phi) is 6.50. The highest BCUT2D eigenvalue weighted by atomic mass is 35.5. The van der Waals surface area contributed by atoms with E-state index in [1.165, 1.54) is 5.56 Å². The van der Waals surface area contributed by atoms with E-state index in [0.717, 1.165) is 67.2 Å². The van der Waals surface area contributed by atoms with Gasteiger partial charge in [0.05, 0.1) is 17.2 Å². The lowest BCUT2D eigenvalue weighted by molar-refractivity contribution is 0.233. The molecule has 1 saturated heterocycles. The van der Waals surface area contributed by atoms with E-state index >= 15 is 0 Å². The molecule has 1 aliphatic rings. The zero-order chi connectivity index (χ0) is 20.3. The predicted molar refractivity (Wildman–Crippen MR) is 126 cm³/mol. The van der Waals surface area contributed by atoms with Crippen molar-refractivity contribution in [3.63, 3.8) is 0 Å². The van der Waals surface area contributed by atoms with Gasteiger partial charge in [-0.25, -0.2) is 9.97 Å². The van der Waals surface area contributed by atoms with Crippen molar-refractivity contribution in [2.45, 2.75) is 20.0 Å². The Morgan fingerprint density at radius 1 is 1.10 bits per heavy atom. The molecule has 3 N–H and O–H groups in total. The number of piperazine rings is 1. The third-order valence-electron chi connectivity index (χ3n) is 5.46. The van der Waals surface area contributed by atoms with Gasteiger partial charge in [-0.2, -0.15) is 5.10 Å². The van der Waals surface area contributed by atoms with Crippen LogP contribution in [0.4, 0.5) is 11.8 Å². The third-order valence-corrected chi connectivity index (χ3v) is 5.46. The van der Waals surface area contributed by atoms with Gasteiger partial charge in [0, 0.05) is 57.2 Å². The summed E-state index contributed by atoms with van der Waals surface area (Å²) in [6.07, 6.45) is 5.81. The summed E-state index contributed by atoms with van der Waals surface area (Å²) in [4.78, 5) is 15.0. The van der Waals surface area contributed by atoms with Crippen LogP contribution in [0.5, 0.6) is 0 Å². The molecule has 4 aromatic rings. The molecule has 1 fully saturated rings. The third kappa shape index (κ3) is 4.87. The van der Waals surface area contributed by atoms with E-state index in [1.54, 1.807) is 0 Å². The van der Waals surface area contributed by atoms with E-state index in [4.69, 9.17) is 0 Å². The Morgan fingerprint density at radius 2 is 1.97 bits per heavy atom. The predicted octanol–water partition coefficient (Wildman–Crippen LogP) is 3.41. The number of aryl methyl sites for hydroxylation is 1. The normalized spacial score (nSPS) is 14.5. The van der Waals surface area contributed by atoms with Gasteiger partial charge >= 0.3 is 0 Å². The Labute approximate surface area is 187 Å². The highest BCUT2D eigenvalue weighted by molar-refractivity contribution is 5.85. The number of pyridine rings is 1. The topological polar surface area (TPSA) is 86.7 Å². The van der Waals surface area contributed by atoms with Crippen LogP contribution in [0.3, 0.4) is 0 Å². The first kappa shape index (κ1) is 21.3. The molecule has 0 amide bonds. The molecule has 0 unspecified atom stereocenters. The first-order valence-corrected chi connectivity index (χ1v) is 10.4. The SMILES string of the molecule is CCn1cc(-c2ccc3nc(Nc4cc(CN5CCNCC5)ccn4)[nH]c3c2)cn1.Cl. The van der Waals surface area contributed by atoms with Crippen molar-refractivity contribution in [3.8, 4) is 11.1 Å². The number of nitrogens with zero attached hydrogens (tertiary/aromatic N) is 5. The molecule has 0 bridgehead atoms. The van der Waals surface area contributed by atoms with E-state index in [9.17, 15) is 0 Å². The Balaban J connectivity index is 0.00000231. The standard InChI is InChI=1S/C22H26N8.ClH/c1-2-30-15-18(13-25-30)17-3-4-19-20(12-17)27-22(26-19)28-21-11-16(5-6-24-21)14-29-9-7-23-8-10-29;/h3-6,11-13,15,23H,2,7-10,14H2,1H3,(H2,24,26,27,28);1H. The molecule has 8 nitrogen and oxygen atoms in total.